The van der Waals surface area contributed by atoms with Gasteiger partial charge in [0, 0.05) is 25.1 Å². The molecular weight excluding hydrogens is 251 g/mol. The summed E-state index contributed by atoms with van der Waals surface area (Å²) in [7, 11) is 0. The summed E-state index contributed by atoms with van der Waals surface area (Å²) in [5.41, 5.74) is -0.472. The molecule has 6 heteroatoms. The van der Waals surface area contributed by atoms with Crippen LogP contribution in [-0.4, -0.2) is 18.2 Å². The number of hydrogen-bond acceptors (Lipinski definition) is 2. The lowest BCUT2D eigenvalue weighted by molar-refractivity contribution is -0.117. The number of nitrogens with zero attached hydrogens (tertiary/aromatic N) is 1. The van der Waals surface area contributed by atoms with Crippen LogP contribution in [0, 0.1) is 23.4 Å². The number of amides is 1. The van der Waals surface area contributed by atoms with E-state index in [-0.39, 0.29) is 24.8 Å². The predicted molar refractivity (Wildman–Crippen MR) is 60.6 cm³/mol. The standard InChI is InChI=1S/C11H10F3NOS/c12-7-2-8(13)11(9(14)3-7)15-4-6(5-17)1-10(15)16/h2-3,6,17H,1,4-5H2. The fourth-order valence-corrected chi connectivity index (χ4v) is 2.16. The molecule has 1 heterocycles. The lowest BCUT2D eigenvalue weighted by Crippen LogP contribution is -2.27. The van der Waals surface area contributed by atoms with Crippen LogP contribution in [0.3, 0.4) is 0 Å². The molecule has 1 atom stereocenters. The number of halogens is 3. The highest BCUT2D eigenvalue weighted by Gasteiger charge is 2.33. The molecule has 0 saturated carbocycles. The normalized spacial score (nSPS) is 20.1. The third-order valence-electron chi connectivity index (χ3n) is 2.71. The highest BCUT2D eigenvalue weighted by atomic mass is 32.1. The van der Waals surface area contributed by atoms with E-state index in [2.05, 4.69) is 12.6 Å². The van der Waals surface area contributed by atoms with E-state index in [4.69, 9.17) is 0 Å². The third kappa shape index (κ3) is 2.26. The average molecular weight is 261 g/mol. The summed E-state index contributed by atoms with van der Waals surface area (Å²) < 4.78 is 39.7. The Labute approximate surface area is 102 Å². The van der Waals surface area contributed by atoms with Gasteiger partial charge in [-0.3, -0.25) is 4.79 Å². The molecule has 1 aliphatic rings. The second kappa shape index (κ2) is 4.60. The smallest absolute Gasteiger partial charge is 0.227 e. The lowest BCUT2D eigenvalue weighted by Gasteiger charge is -2.18. The first-order valence-corrected chi connectivity index (χ1v) is 5.72. The van der Waals surface area contributed by atoms with Crippen LogP contribution in [0.2, 0.25) is 0 Å². The van der Waals surface area contributed by atoms with Crippen molar-refractivity contribution in [2.75, 3.05) is 17.2 Å². The molecule has 1 saturated heterocycles. The van der Waals surface area contributed by atoms with E-state index in [0.717, 1.165) is 4.90 Å². The van der Waals surface area contributed by atoms with Gasteiger partial charge in [0.15, 0.2) is 11.6 Å². The summed E-state index contributed by atoms with van der Waals surface area (Å²) in [5.74, 6) is -3.05. The van der Waals surface area contributed by atoms with Gasteiger partial charge in [0.05, 0.1) is 0 Å². The van der Waals surface area contributed by atoms with Crippen LogP contribution in [0.15, 0.2) is 12.1 Å². The number of carbonyl (C=O) groups is 1. The molecule has 0 N–H and O–H groups in total. The molecule has 1 unspecified atom stereocenters. The Kier molecular flexibility index (Phi) is 3.33. The van der Waals surface area contributed by atoms with Gasteiger partial charge in [-0.15, -0.1) is 0 Å². The number of rotatable bonds is 2. The van der Waals surface area contributed by atoms with E-state index in [1.165, 1.54) is 0 Å². The number of carbonyl (C=O) groups excluding carboxylic acids is 1. The largest absolute Gasteiger partial charge is 0.307 e. The summed E-state index contributed by atoms with van der Waals surface area (Å²) in [6, 6.07) is 1.14. The molecule has 1 aliphatic heterocycles. The zero-order valence-corrected chi connectivity index (χ0v) is 9.68. The minimum Gasteiger partial charge on any atom is -0.307 e. The van der Waals surface area contributed by atoms with Gasteiger partial charge < -0.3 is 4.90 Å². The van der Waals surface area contributed by atoms with Crippen molar-refractivity contribution in [2.45, 2.75) is 6.42 Å². The second-order valence-corrected chi connectivity index (χ2v) is 4.34. The van der Waals surface area contributed by atoms with Crippen LogP contribution < -0.4 is 4.90 Å². The second-order valence-electron chi connectivity index (χ2n) is 3.98. The van der Waals surface area contributed by atoms with E-state index in [0.29, 0.717) is 17.9 Å². The highest BCUT2D eigenvalue weighted by Crippen LogP contribution is 2.30. The minimum absolute atomic E-state index is 0.0327. The zero-order chi connectivity index (χ0) is 12.6. The summed E-state index contributed by atoms with van der Waals surface area (Å²) in [5, 5.41) is 0. The van der Waals surface area contributed by atoms with Crippen LogP contribution >= 0.6 is 12.6 Å². The average Bonchev–Trinajstić information content (AvgIpc) is 2.59. The fourth-order valence-electron chi connectivity index (χ4n) is 1.91. The number of hydrogen-bond donors (Lipinski definition) is 1. The molecule has 0 aromatic heterocycles. The Bertz CT molecular complexity index is 443. The van der Waals surface area contributed by atoms with Crippen LogP contribution in [0.4, 0.5) is 18.9 Å². The summed E-state index contributed by atoms with van der Waals surface area (Å²) >= 11 is 4.05. The van der Waals surface area contributed by atoms with Crippen molar-refractivity contribution in [2.24, 2.45) is 5.92 Å². The van der Waals surface area contributed by atoms with Crippen LogP contribution in [-0.2, 0) is 4.79 Å². The molecule has 1 aromatic rings. The van der Waals surface area contributed by atoms with Gasteiger partial charge in [0.25, 0.3) is 0 Å². The van der Waals surface area contributed by atoms with Crippen LogP contribution in [0.25, 0.3) is 0 Å². The molecule has 0 bridgehead atoms. The molecule has 1 aromatic carbocycles. The molecule has 2 nitrogen and oxygen atoms in total. The summed E-state index contributed by atoms with van der Waals surface area (Å²) in [6.07, 6.45) is 0.208. The van der Waals surface area contributed by atoms with Crippen molar-refractivity contribution in [3.63, 3.8) is 0 Å². The van der Waals surface area contributed by atoms with Gasteiger partial charge in [-0.2, -0.15) is 12.6 Å². The first-order chi connectivity index (χ1) is 8.02. The van der Waals surface area contributed by atoms with Crippen molar-refractivity contribution < 1.29 is 18.0 Å². The molecule has 92 valence electrons. The number of benzene rings is 1. The maximum atomic E-state index is 13.5. The Morgan fingerprint density at radius 3 is 2.35 bits per heavy atom. The maximum Gasteiger partial charge on any atom is 0.227 e. The van der Waals surface area contributed by atoms with Crippen molar-refractivity contribution >= 4 is 24.2 Å². The summed E-state index contributed by atoms with van der Waals surface area (Å²) in [4.78, 5) is 12.6. The fraction of sp³-hybridized carbons (Fsp3) is 0.364. The van der Waals surface area contributed by atoms with Gasteiger partial charge in [-0.05, 0) is 11.7 Å². The van der Waals surface area contributed by atoms with E-state index >= 15 is 0 Å². The summed E-state index contributed by atoms with van der Waals surface area (Å²) in [6.45, 7) is 0.210. The quantitative estimate of drug-likeness (QED) is 0.810. The first-order valence-electron chi connectivity index (χ1n) is 5.08. The molecule has 0 spiro atoms. The van der Waals surface area contributed by atoms with E-state index in [1.54, 1.807) is 0 Å². The lowest BCUT2D eigenvalue weighted by atomic mass is 10.1. The van der Waals surface area contributed by atoms with Crippen molar-refractivity contribution in [3.05, 3.63) is 29.6 Å². The maximum absolute atomic E-state index is 13.5. The Hall–Kier alpha value is -1.17. The molecule has 0 aliphatic carbocycles. The monoisotopic (exact) mass is 261 g/mol. The molecular formula is C11H10F3NOS. The van der Waals surface area contributed by atoms with Crippen molar-refractivity contribution in [3.8, 4) is 0 Å². The van der Waals surface area contributed by atoms with Gasteiger partial charge in [-0.1, -0.05) is 0 Å². The van der Waals surface area contributed by atoms with Crippen molar-refractivity contribution in [1.82, 2.24) is 0 Å². The van der Waals surface area contributed by atoms with E-state index in [1.807, 2.05) is 0 Å². The first kappa shape index (κ1) is 12.3. The van der Waals surface area contributed by atoms with Gasteiger partial charge >= 0.3 is 0 Å². The Balaban J connectivity index is 2.38. The van der Waals surface area contributed by atoms with Gasteiger partial charge in [0.1, 0.15) is 11.5 Å². The van der Waals surface area contributed by atoms with Gasteiger partial charge in [-0.25, -0.2) is 13.2 Å². The van der Waals surface area contributed by atoms with E-state index < -0.39 is 23.1 Å². The molecule has 2 rings (SSSR count). The molecule has 1 amide bonds. The highest BCUT2D eigenvalue weighted by molar-refractivity contribution is 7.80. The minimum atomic E-state index is -1.06. The molecule has 17 heavy (non-hydrogen) atoms. The van der Waals surface area contributed by atoms with Gasteiger partial charge in [0.2, 0.25) is 5.91 Å². The Morgan fingerprint density at radius 1 is 1.29 bits per heavy atom. The SMILES string of the molecule is O=C1CC(CS)CN1c1c(F)cc(F)cc1F. The molecule has 0 radical (unpaired) electrons. The number of anilines is 1. The van der Waals surface area contributed by atoms with E-state index in [9.17, 15) is 18.0 Å². The predicted octanol–water partition coefficient (Wildman–Crippen LogP) is 2.39. The van der Waals surface area contributed by atoms with Crippen molar-refractivity contribution in [1.29, 1.82) is 0 Å². The zero-order valence-electron chi connectivity index (χ0n) is 8.79. The number of thiol groups is 1. The third-order valence-corrected chi connectivity index (χ3v) is 3.23. The van der Waals surface area contributed by atoms with Crippen LogP contribution in [0.5, 0.6) is 0 Å². The van der Waals surface area contributed by atoms with Crippen LogP contribution in [0.1, 0.15) is 6.42 Å². The Morgan fingerprint density at radius 2 is 1.88 bits per heavy atom. The molecule has 1 fully saturated rings. The topological polar surface area (TPSA) is 20.3 Å².